The smallest absolute Gasteiger partial charge is 0.229 e. The maximum Gasteiger partial charge on any atom is 0.229 e. The van der Waals surface area contributed by atoms with Crippen molar-refractivity contribution < 1.29 is 9.30 Å². The summed E-state index contributed by atoms with van der Waals surface area (Å²) in [6, 6.07) is 13.1. The quantitative estimate of drug-likeness (QED) is 0.290. The van der Waals surface area contributed by atoms with E-state index in [0.717, 1.165) is 11.0 Å². The third-order valence-electron chi connectivity index (χ3n) is 4.38. The van der Waals surface area contributed by atoms with Crippen molar-refractivity contribution in [2.24, 2.45) is 0 Å². The molecular weight excluding hydrogens is 433 g/mol. The van der Waals surface area contributed by atoms with Crippen LogP contribution in [0.3, 0.4) is 0 Å². The number of aromatic nitrogens is 2. The van der Waals surface area contributed by atoms with Gasteiger partial charge in [0.25, 0.3) is 0 Å². The zero-order chi connectivity index (χ0) is 22.4. The molecule has 0 unspecified atom stereocenters. The average Bonchev–Trinajstić information content (AvgIpc) is 2.75. The maximum atomic E-state index is 12.6. The summed E-state index contributed by atoms with van der Waals surface area (Å²) in [5, 5.41) is 10.6. The number of nitrogens with one attached hydrogen (secondary N) is 3. The normalized spacial score (nSPS) is 11.0. The van der Waals surface area contributed by atoms with Gasteiger partial charge in [0.15, 0.2) is 5.82 Å². The predicted molar refractivity (Wildman–Crippen MR) is 131 cm³/mol. The molecule has 3 aromatic rings. The molecule has 0 saturated heterocycles. The van der Waals surface area contributed by atoms with Crippen molar-refractivity contribution in [2.75, 3.05) is 42.9 Å². The molecule has 0 bridgehead atoms. The first-order chi connectivity index (χ1) is 14.8. The van der Waals surface area contributed by atoms with Gasteiger partial charge < -0.3 is 25.3 Å². The van der Waals surface area contributed by atoms with Gasteiger partial charge in [0.05, 0.1) is 24.7 Å². The van der Waals surface area contributed by atoms with E-state index in [2.05, 4.69) is 32.5 Å². The zero-order valence-corrected chi connectivity index (χ0v) is 19.3. The van der Waals surface area contributed by atoms with Gasteiger partial charge in [0, 0.05) is 23.6 Å². The highest BCUT2D eigenvalue weighted by molar-refractivity contribution is 7.70. The van der Waals surface area contributed by atoms with E-state index in [9.17, 15) is 4.57 Å². The van der Waals surface area contributed by atoms with Crippen LogP contribution in [-0.2, 0) is 4.57 Å². The van der Waals surface area contributed by atoms with Crippen LogP contribution in [0.1, 0.15) is 0 Å². The average molecular weight is 458 g/mol. The third-order valence-corrected chi connectivity index (χ3v) is 6.21. The molecule has 7 nitrogen and oxygen atoms in total. The Bertz CT molecular complexity index is 1130. The van der Waals surface area contributed by atoms with Crippen LogP contribution in [0.4, 0.5) is 28.8 Å². The molecule has 31 heavy (non-hydrogen) atoms. The molecule has 3 rings (SSSR count). The summed E-state index contributed by atoms with van der Waals surface area (Å²) >= 11 is 6.32. The van der Waals surface area contributed by atoms with Crippen molar-refractivity contribution in [3.63, 3.8) is 0 Å². The first-order valence-electron chi connectivity index (χ1n) is 9.56. The molecule has 0 saturated carbocycles. The highest BCUT2D eigenvalue weighted by atomic mass is 35.5. The minimum absolute atomic E-state index is 0.339. The molecule has 2 aromatic carbocycles. The number of hydrogen-bond acceptors (Lipinski definition) is 7. The van der Waals surface area contributed by atoms with E-state index in [1.54, 1.807) is 26.5 Å². The van der Waals surface area contributed by atoms with Gasteiger partial charge in [-0.15, -0.1) is 6.58 Å². The monoisotopic (exact) mass is 457 g/mol. The minimum Gasteiger partial charge on any atom is -0.494 e. The van der Waals surface area contributed by atoms with Crippen molar-refractivity contribution in [3.05, 3.63) is 66.3 Å². The van der Waals surface area contributed by atoms with Crippen LogP contribution in [-0.4, -0.2) is 37.0 Å². The van der Waals surface area contributed by atoms with Crippen molar-refractivity contribution in [2.45, 2.75) is 0 Å². The molecule has 162 valence electrons. The largest absolute Gasteiger partial charge is 0.494 e. The van der Waals surface area contributed by atoms with E-state index >= 15 is 0 Å². The summed E-state index contributed by atoms with van der Waals surface area (Å²) in [4.78, 5) is 8.76. The number of ether oxygens (including phenoxy) is 1. The van der Waals surface area contributed by atoms with E-state index in [-0.39, 0.29) is 0 Å². The van der Waals surface area contributed by atoms with Crippen LogP contribution in [0.5, 0.6) is 5.75 Å². The molecule has 0 fully saturated rings. The Morgan fingerprint density at radius 2 is 1.94 bits per heavy atom. The van der Waals surface area contributed by atoms with Gasteiger partial charge >= 0.3 is 0 Å². The molecule has 1 heterocycles. The SMILES string of the molecule is C=CCNc1ccc(Nc2ncc(Cl)c(Nc3ccccc3P(C)(C)=O)n2)c(OC)c1. The zero-order valence-electron chi connectivity index (χ0n) is 17.6. The van der Waals surface area contributed by atoms with Crippen LogP contribution in [0.25, 0.3) is 0 Å². The highest BCUT2D eigenvalue weighted by Crippen LogP contribution is 2.38. The summed E-state index contributed by atoms with van der Waals surface area (Å²) in [7, 11) is -0.896. The number of anilines is 5. The Morgan fingerprint density at radius 3 is 2.65 bits per heavy atom. The van der Waals surface area contributed by atoms with Crippen LogP contribution in [0.2, 0.25) is 5.02 Å². The van der Waals surface area contributed by atoms with E-state index < -0.39 is 7.14 Å². The molecule has 0 amide bonds. The van der Waals surface area contributed by atoms with Crippen LogP contribution < -0.4 is 26.0 Å². The number of methoxy groups -OCH3 is 1. The second-order valence-electron chi connectivity index (χ2n) is 7.09. The van der Waals surface area contributed by atoms with E-state index in [0.29, 0.717) is 40.5 Å². The second kappa shape index (κ2) is 9.86. The number of rotatable bonds is 9. The van der Waals surface area contributed by atoms with Crippen LogP contribution in [0, 0.1) is 0 Å². The third kappa shape index (κ3) is 5.78. The standard InChI is InChI=1S/C22H25ClN5O2P/c1-5-12-24-15-10-11-17(19(13-15)30-2)27-22-25-14-16(23)21(28-22)26-18-8-6-7-9-20(18)31(3,4)29/h5-11,13-14,24H,1,12H2,2-4H3,(H2,25,26,27,28). The number of para-hydroxylation sites is 1. The molecule has 0 spiro atoms. The lowest BCUT2D eigenvalue weighted by atomic mass is 10.2. The van der Waals surface area contributed by atoms with Crippen molar-refractivity contribution in [1.29, 1.82) is 0 Å². The van der Waals surface area contributed by atoms with Gasteiger partial charge in [-0.2, -0.15) is 4.98 Å². The van der Waals surface area contributed by atoms with Crippen molar-refractivity contribution in [1.82, 2.24) is 9.97 Å². The molecule has 0 radical (unpaired) electrons. The fraction of sp³-hybridized carbons (Fsp3) is 0.182. The molecule has 3 N–H and O–H groups in total. The van der Waals surface area contributed by atoms with Gasteiger partial charge in [0.2, 0.25) is 5.95 Å². The summed E-state index contributed by atoms with van der Waals surface area (Å²) in [6.45, 7) is 7.80. The summed E-state index contributed by atoms with van der Waals surface area (Å²) < 4.78 is 18.1. The van der Waals surface area contributed by atoms with Gasteiger partial charge in [-0.25, -0.2) is 4.98 Å². The van der Waals surface area contributed by atoms with Gasteiger partial charge in [-0.05, 0) is 37.6 Å². The Hall–Kier alpha value is -3.02. The molecule has 0 atom stereocenters. The van der Waals surface area contributed by atoms with Crippen LogP contribution >= 0.6 is 18.7 Å². The van der Waals surface area contributed by atoms with E-state index in [4.69, 9.17) is 16.3 Å². The van der Waals surface area contributed by atoms with Gasteiger partial charge in [-0.3, -0.25) is 0 Å². The first-order valence-corrected chi connectivity index (χ1v) is 12.5. The van der Waals surface area contributed by atoms with Crippen LogP contribution in [0.15, 0.2) is 61.3 Å². The second-order valence-corrected chi connectivity index (χ2v) is 10.7. The molecule has 9 heteroatoms. The lowest BCUT2D eigenvalue weighted by Gasteiger charge is -2.16. The fourth-order valence-electron chi connectivity index (χ4n) is 2.91. The Labute approximate surface area is 187 Å². The van der Waals surface area contributed by atoms with Gasteiger partial charge in [0.1, 0.15) is 17.9 Å². The predicted octanol–water partition coefficient (Wildman–Crippen LogP) is 5.47. The number of hydrogen-bond donors (Lipinski definition) is 3. The molecular formula is C22H25ClN5O2P. The van der Waals surface area contributed by atoms with Crippen molar-refractivity contribution >= 4 is 52.9 Å². The summed E-state index contributed by atoms with van der Waals surface area (Å²) in [5.74, 6) is 1.37. The summed E-state index contributed by atoms with van der Waals surface area (Å²) in [6.07, 6.45) is 3.29. The lowest BCUT2D eigenvalue weighted by Crippen LogP contribution is -2.11. The number of nitrogens with zero attached hydrogens (tertiary/aromatic N) is 2. The molecule has 1 aromatic heterocycles. The Balaban J connectivity index is 1.87. The fourth-order valence-corrected chi connectivity index (χ4v) is 4.20. The van der Waals surface area contributed by atoms with Crippen molar-refractivity contribution in [3.8, 4) is 5.75 Å². The van der Waals surface area contributed by atoms with Gasteiger partial charge in [-0.1, -0.05) is 29.8 Å². The van der Waals surface area contributed by atoms with E-state index in [1.165, 1.54) is 6.20 Å². The minimum atomic E-state index is -2.49. The summed E-state index contributed by atoms with van der Waals surface area (Å²) in [5.41, 5.74) is 2.30. The maximum absolute atomic E-state index is 12.6. The highest BCUT2D eigenvalue weighted by Gasteiger charge is 2.17. The molecule has 0 aliphatic heterocycles. The lowest BCUT2D eigenvalue weighted by molar-refractivity contribution is 0.417. The topological polar surface area (TPSA) is 88.2 Å². The number of benzene rings is 2. The Morgan fingerprint density at radius 1 is 1.16 bits per heavy atom. The molecule has 0 aliphatic carbocycles. The van der Waals surface area contributed by atoms with E-state index in [1.807, 2.05) is 42.5 Å². The molecule has 0 aliphatic rings. The Kier molecular flexibility index (Phi) is 7.21. The number of halogens is 1. The first kappa shape index (κ1) is 22.7.